The molecule has 2 aromatic rings. The van der Waals surface area contributed by atoms with Gasteiger partial charge in [0, 0.05) is 6.20 Å². The topological polar surface area (TPSA) is 65.6 Å². The summed E-state index contributed by atoms with van der Waals surface area (Å²) in [6.07, 6.45) is 4.75. The highest BCUT2D eigenvalue weighted by Crippen LogP contribution is 2.35. The molecule has 3 atom stereocenters. The molecule has 1 aliphatic rings. The Kier molecular flexibility index (Phi) is 4.73. The molecule has 0 aliphatic heterocycles. The summed E-state index contributed by atoms with van der Waals surface area (Å²) in [7, 11) is 0. The van der Waals surface area contributed by atoms with Crippen molar-refractivity contribution in [2.75, 3.05) is 0 Å². The number of carbonyl (C=O) groups excluding carboxylic acids is 1. The van der Waals surface area contributed by atoms with Crippen molar-refractivity contribution in [1.29, 1.82) is 0 Å². The predicted molar refractivity (Wildman–Crippen MR) is 90.7 cm³/mol. The van der Waals surface area contributed by atoms with Gasteiger partial charge in [0.1, 0.15) is 12.6 Å². The summed E-state index contributed by atoms with van der Waals surface area (Å²) < 4.78 is 8.34. The standard InChI is InChI=1S/C18H25N3O3/c1-12(2)14-8-7-13(3)10-15(14)24-17(22)11-21-18(23)20-9-5-4-6-16(20)19-21/h4-6,9,12-15H,7-8,10-11H2,1-3H3/t13-,14+,15+/m1/s1. The highest BCUT2D eigenvalue weighted by Gasteiger charge is 2.33. The lowest BCUT2D eigenvalue weighted by Crippen LogP contribution is -2.37. The Morgan fingerprint density at radius 3 is 2.88 bits per heavy atom. The number of carbonyl (C=O) groups is 1. The molecule has 1 fully saturated rings. The first kappa shape index (κ1) is 16.7. The number of fused-ring (bicyclic) bond motifs is 1. The first-order valence-corrected chi connectivity index (χ1v) is 8.69. The van der Waals surface area contributed by atoms with E-state index in [4.69, 9.17) is 4.74 Å². The Bertz CT molecular complexity index is 777. The van der Waals surface area contributed by atoms with Crippen molar-refractivity contribution in [3.8, 4) is 0 Å². The summed E-state index contributed by atoms with van der Waals surface area (Å²) >= 11 is 0. The van der Waals surface area contributed by atoms with Crippen LogP contribution in [0.25, 0.3) is 5.65 Å². The van der Waals surface area contributed by atoms with Crippen LogP contribution < -0.4 is 5.69 Å². The highest BCUT2D eigenvalue weighted by atomic mass is 16.5. The van der Waals surface area contributed by atoms with Crippen LogP contribution in [0.5, 0.6) is 0 Å². The van der Waals surface area contributed by atoms with Crippen LogP contribution in [0.4, 0.5) is 0 Å². The van der Waals surface area contributed by atoms with Crippen molar-refractivity contribution < 1.29 is 9.53 Å². The molecule has 130 valence electrons. The van der Waals surface area contributed by atoms with Crippen LogP contribution in [0.15, 0.2) is 29.2 Å². The molecule has 6 nitrogen and oxygen atoms in total. The summed E-state index contributed by atoms with van der Waals surface area (Å²) in [6.45, 7) is 6.41. The zero-order valence-electron chi connectivity index (χ0n) is 14.5. The third-order valence-electron chi connectivity index (χ3n) is 5.01. The van der Waals surface area contributed by atoms with Crippen LogP contribution in [0.3, 0.4) is 0 Å². The van der Waals surface area contributed by atoms with Gasteiger partial charge in [-0.05, 0) is 42.7 Å². The minimum Gasteiger partial charge on any atom is -0.461 e. The second-order valence-electron chi connectivity index (χ2n) is 7.22. The SMILES string of the molecule is CC(C)[C@@H]1CC[C@@H](C)C[C@@H]1OC(=O)Cn1nc2ccccn2c1=O. The van der Waals surface area contributed by atoms with Gasteiger partial charge in [-0.1, -0.05) is 33.3 Å². The average molecular weight is 331 g/mol. The third kappa shape index (κ3) is 3.37. The molecule has 2 heterocycles. The number of rotatable bonds is 4. The smallest absolute Gasteiger partial charge is 0.350 e. The number of hydrogen-bond donors (Lipinski definition) is 0. The van der Waals surface area contributed by atoms with E-state index in [0.29, 0.717) is 23.4 Å². The molecule has 3 rings (SSSR count). The number of hydrogen-bond acceptors (Lipinski definition) is 4. The summed E-state index contributed by atoms with van der Waals surface area (Å²) in [5, 5.41) is 4.18. The van der Waals surface area contributed by atoms with E-state index in [-0.39, 0.29) is 24.3 Å². The Morgan fingerprint density at radius 1 is 1.38 bits per heavy atom. The minimum absolute atomic E-state index is 0.0611. The van der Waals surface area contributed by atoms with Gasteiger partial charge in [0.2, 0.25) is 0 Å². The van der Waals surface area contributed by atoms with Gasteiger partial charge < -0.3 is 4.74 Å². The van der Waals surface area contributed by atoms with Gasteiger partial charge in [0.25, 0.3) is 0 Å². The predicted octanol–water partition coefficient (Wildman–Crippen LogP) is 2.50. The minimum atomic E-state index is -0.384. The number of nitrogens with zero attached hydrogens (tertiary/aromatic N) is 3. The second kappa shape index (κ2) is 6.79. The quantitative estimate of drug-likeness (QED) is 0.808. The third-order valence-corrected chi connectivity index (χ3v) is 5.01. The van der Waals surface area contributed by atoms with Crippen molar-refractivity contribution in [2.45, 2.75) is 52.7 Å². The molecule has 6 heteroatoms. The number of aromatic nitrogens is 3. The van der Waals surface area contributed by atoms with Crippen LogP contribution in [-0.2, 0) is 16.1 Å². The van der Waals surface area contributed by atoms with E-state index in [1.165, 1.54) is 15.5 Å². The number of pyridine rings is 1. The molecule has 1 saturated carbocycles. The lowest BCUT2D eigenvalue weighted by molar-refractivity contribution is -0.156. The number of esters is 1. The van der Waals surface area contributed by atoms with Gasteiger partial charge >= 0.3 is 11.7 Å². The largest absolute Gasteiger partial charge is 0.461 e. The van der Waals surface area contributed by atoms with Crippen molar-refractivity contribution in [3.05, 3.63) is 34.9 Å². The fraction of sp³-hybridized carbons (Fsp3) is 0.611. The number of ether oxygens (including phenoxy) is 1. The summed E-state index contributed by atoms with van der Waals surface area (Å²) in [5.41, 5.74) is 0.210. The molecule has 0 spiro atoms. The molecule has 1 aliphatic carbocycles. The summed E-state index contributed by atoms with van der Waals surface area (Å²) in [4.78, 5) is 24.6. The van der Waals surface area contributed by atoms with E-state index in [0.717, 1.165) is 12.8 Å². The maximum Gasteiger partial charge on any atom is 0.350 e. The molecule has 0 unspecified atom stereocenters. The van der Waals surface area contributed by atoms with Crippen LogP contribution in [-0.4, -0.2) is 26.3 Å². The van der Waals surface area contributed by atoms with Gasteiger partial charge in [0.15, 0.2) is 5.65 Å². The Hall–Kier alpha value is -2.11. The molecule has 2 aromatic heterocycles. The molecule has 0 saturated heterocycles. The Labute approximate surface area is 141 Å². The lowest BCUT2D eigenvalue weighted by atomic mass is 9.75. The second-order valence-corrected chi connectivity index (χ2v) is 7.22. The van der Waals surface area contributed by atoms with Crippen molar-refractivity contribution in [2.24, 2.45) is 17.8 Å². The van der Waals surface area contributed by atoms with Gasteiger partial charge in [-0.2, -0.15) is 0 Å². The van der Waals surface area contributed by atoms with E-state index in [1.54, 1.807) is 24.4 Å². The molecule has 0 N–H and O–H groups in total. The van der Waals surface area contributed by atoms with E-state index in [9.17, 15) is 9.59 Å². The lowest BCUT2D eigenvalue weighted by Gasteiger charge is -2.36. The highest BCUT2D eigenvalue weighted by molar-refractivity contribution is 5.69. The van der Waals surface area contributed by atoms with Crippen LogP contribution in [0.1, 0.15) is 40.0 Å². The van der Waals surface area contributed by atoms with Crippen molar-refractivity contribution in [1.82, 2.24) is 14.2 Å². The fourth-order valence-electron chi connectivity index (χ4n) is 3.65. The summed E-state index contributed by atoms with van der Waals surface area (Å²) in [6, 6.07) is 5.30. The van der Waals surface area contributed by atoms with Gasteiger partial charge in [-0.25, -0.2) is 9.48 Å². The Morgan fingerprint density at radius 2 is 2.17 bits per heavy atom. The fourth-order valence-corrected chi connectivity index (χ4v) is 3.65. The molecule has 0 aromatic carbocycles. The van der Waals surface area contributed by atoms with Crippen LogP contribution in [0, 0.1) is 17.8 Å². The van der Waals surface area contributed by atoms with Gasteiger partial charge in [-0.3, -0.25) is 9.20 Å². The molecule has 0 bridgehead atoms. The van der Waals surface area contributed by atoms with E-state index >= 15 is 0 Å². The molecule has 24 heavy (non-hydrogen) atoms. The molecular formula is C18H25N3O3. The zero-order valence-corrected chi connectivity index (χ0v) is 14.5. The normalized spacial score (nSPS) is 24.4. The molecular weight excluding hydrogens is 306 g/mol. The maximum absolute atomic E-state index is 12.4. The van der Waals surface area contributed by atoms with Crippen LogP contribution in [0.2, 0.25) is 0 Å². The van der Waals surface area contributed by atoms with Crippen molar-refractivity contribution >= 4 is 11.6 Å². The Balaban J connectivity index is 1.72. The van der Waals surface area contributed by atoms with Crippen LogP contribution >= 0.6 is 0 Å². The van der Waals surface area contributed by atoms with Crippen molar-refractivity contribution in [3.63, 3.8) is 0 Å². The van der Waals surface area contributed by atoms with E-state index in [2.05, 4.69) is 25.9 Å². The molecule has 0 radical (unpaired) electrons. The monoisotopic (exact) mass is 331 g/mol. The summed E-state index contributed by atoms with van der Waals surface area (Å²) in [5.74, 6) is 1.05. The van der Waals surface area contributed by atoms with E-state index < -0.39 is 0 Å². The average Bonchev–Trinajstić information content (AvgIpc) is 2.83. The maximum atomic E-state index is 12.4. The van der Waals surface area contributed by atoms with Gasteiger partial charge in [-0.15, -0.1) is 5.10 Å². The van der Waals surface area contributed by atoms with E-state index in [1.807, 2.05) is 0 Å². The zero-order chi connectivity index (χ0) is 17.3. The first-order valence-electron chi connectivity index (χ1n) is 8.69. The first-order chi connectivity index (χ1) is 11.5. The van der Waals surface area contributed by atoms with Gasteiger partial charge in [0.05, 0.1) is 0 Å². The molecule has 0 amide bonds.